The van der Waals surface area contributed by atoms with Gasteiger partial charge in [-0.15, -0.1) is 0 Å². The first-order valence-corrected chi connectivity index (χ1v) is 9.26. The van der Waals surface area contributed by atoms with Crippen LogP contribution in [0, 0.1) is 5.41 Å². The summed E-state index contributed by atoms with van der Waals surface area (Å²) in [5.74, 6) is -1.08. The molecule has 0 saturated carbocycles. The summed E-state index contributed by atoms with van der Waals surface area (Å²) in [6.07, 6.45) is -4.72. The number of alkyl halides is 3. The van der Waals surface area contributed by atoms with Gasteiger partial charge in [0.1, 0.15) is 6.61 Å². The van der Waals surface area contributed by atoms with E-state index in [0.717, 1.165) is 12.1 Å². The van der Waals surface area contributed by atoms with Gasteiger partial charge in [-0.2, -0.15) is 13.2 Å². The van der Waals surface area contributed by atoms with Gasteiger partial charge < -0.3 is 26.0 Å². The van der Waals surface area contributed by atoms with Gasteiger partial charge in [0.05, 0.1) is 23.9 Å². The molecule has 0 aromatic heterocycles. The largest absolute Gasteiger partial charge is 0.418 e. The molecule has 1 fully saturated rings. The Bertz CT molecular complexity index is 747. The van der Waals surface area contributed by atoms with Crippen LogP contribution in [0.1, 0.15) is 26.3 Å². The van der Waals surface area contributed by atoms with E-state index in [1.54, 1.807) is 0 Å². The molecule has 29 heavy (non-hydrogen) atoms. The molecule has 0 radical (unpaired) electrons. The third-order valence-corrected chi connectivity index (χ3v) is 4.29. The van der Waals surface area contributed by atoms with Crippen LogP contribution in [0.4, 0.5) is 24.5 Å². The Labute approximate surface area is 167 Å². The van der Waals surface area contributed by atoms with E-state index >= 15 is 0 Å². The highest BCUT2D eigenvalue weighted by Crippen LogP contribution is 2.37. The SMILES string of the molecule is CC(C)(C)CN[C@H](CN)C(=O)Nc1ccc(N2CCOCC2=O)cc1C(F)(F)F. The van der Waals surface area contributed by atoms with E-state index in [1.807, 2.05) is 20.8 Å². The van der Waals surface area contributed by atoms with E-state index < -0.39 is 29.6 Å². The summed E-state index contributed by atoms with van der Waals surface area (Å²) in [7, 11) is 0. The number of carbonyl (C=O) groups is 2. The molecule has 10 heteroatoms. The predicted octanol–water partition coefficient (Wildman–Crippen LogP) is 1.97. The molecule has 1 heterocycles. The minimum atomic E-state index is -4.72. The second-order valence-electron chi connectivity index (χ2n) is 8.04. The maximum atomic E-state index is 13.6. The molecule has 1 aromatic carbocycles. The van der Waals surface area contributed by atoms with Gasteiger partial charge in [-0.25, -0.2) is 0 Å². The van der Waals surface area contributed by atoms with Gasteiger partial charge in [-0.1, -0.05) is 20.8 Å². The average Bonchev–Trinajstić information content (AvgIpc) is 2.61. The number of hydrogen-bond acceptors (Lipinski definition) is 5. The first-order valence-electron chi connectivity index (χ1n) is 9.26. The fraction of sp³-hybridized carbons (Fsp3) is 0.579. The van der Waals surface area contributed by atoms with Crippen LogP contribution in [0.15, 0.2) is 18.2 Å². The van der Waals surface area contributed by atoms with Crippen molar-refractivity contribution >= 4 is 23.2 Å². The summed E-state index contributed by atoms with van der Waals surface area (Å²) in [4.78, 5) is 25.6. The Kier molecular flexibility index (Phi) is 7.25. The normalized spacial score (nSPS) is 16.7. The van der Waals surface area contributed by atoms with Gasteiger partial charge >= 0.3 is 6.18 Å². The van der Waals surface area contributed by atoms with Crippen molar-refractivity contribution in [2.24, 2.45) is 11.1 Å². The molecule has 1 saturated heterocycles. The highest BCUT2D eigenvalue weighted by atomic mass is 19.4. The molecule has 2 amide bonds. The summed E-state index contributed by atoms with van der Waals surface area (Å²) < 4.78 is 45.8. The Morgan fingerprint density at radius 2 is 2.00 bits per heavy atom. The Morgan fingerprint density at radius 3 is 2.55 bits per heavy atom. The highest BCUT2D eigenvalue weighted by Gasteiger charge is 2.36. The zero-order valence-electron chi connectivity index (χ0n) is 16.7. The number of nitrogens with one attached hydrogen (secondary N) is 2. The number of morpholine rings is 1. The van der Waals surface area contributed by atoms with Gasteiger partial charge in [0.15, 0.2) is 0 Å². The summed E-state index contributed by atoms with van der Waals surface area (Å²) in [5, 5.41) is 5.29. The first-order chi connectivity index (χ1) is 13.4. The zero-order chi connectivity index (χ0) is 21.8. The number of amides is 2. The van der Waals surface area contributed by atoms with Gasteiger partial charge in [-0.05, 0) is 23.6 Å². The van der Waals surface area contributed by atoms with Crippen molar-refractivity contribution in [2.75, 3.05) is 43.1 Å². The molecule has 1 aliphatic rings. The van der Waals surface area contributed by atoms with Crippen molar-refractivity contribution in [2.45, 2.75) is 33.0 Å². The lowest BCUT2D eigenvalue weighted by molar-refractivity contribution is -0.137. The monoisotopic (exact) mass is 416 g/mol. The standard InChI is InChI=1S/C19H27F3N4O3/c1-18(2,3)11-24-15(9-23)17(28)25-14-5-4-12(8-13(14)19(20,21)22)26-6-7-29-10-16(26)27/h4-5,8,15,24H,6-7,9-11,23H2,1-3H3,(H,25,28)/t15-/m1/s1. The van der Waals surface area contributed by atoms with Crippen molar-refractivity contribution in [3.63, 3.8) is 0 Å². The quantitative estimate of drug-likeness (QED) is 0.659. The van der Waals surface area contributed by atoms with Crippen LogP contribution in [0.5, 0.6) is 0 Å². The predicted molar refractivity (Wildman–Crippen MR) is 104 cm³/mol. The summed E-state index contributed by atoms with van der Waals surface area (Å²) in [6.45, 7) is 6.49. The molecule has 7 nitrogen and oxygen atoms in total. The molecule has 0 bridgehead atoms. The van der Waals surface area contributed by atoms with Crippen molar-refractivity contribution in [3.05, 3.63) is 23.8 Å². The Morgan fingerprint density at radius 1 is 1.31 bits per heavy atom. The maximum Gasteiger partial charge on any atom is 0.418 e. The maximum absolute atomic E-state index is 13.6. The van der Waals surface area contributed by atoms with Crippen molar-refractivity contribution < 1.29 is 27.5 Å². The van der Waals surface area contributed by atoms with Gasteiger partial charge in [0, 0.05) is 25.3 Å². The lowest BCUT2D eigenvalue weighted by Gasteiger charge is -2.28. The van der Waals surface area contributed by atoms with Crippen molar-refractivity contribution in [3.8, 4) is 0 Å². The van der Waals surface area contributed by atoms with Crippen LogP contribution in [-0.4, -0.2) is 50.7 Å². The number of benzene rings is 1. The van der Waals surface area contributed by atoms with E-state index in [9.17, 15) is 22.8 Å². The van der Waals surface area contributed by atoms with Crippen LogP contribution >= 0.6 is 0 Å². The number of hydrogen-bond donors (Lipinski definition) is 3. The topological polar surface area (TPSA) is 96.7 Å². The lowest BCUT2D eigenvalue weighted by Crippen LogP contribution is -2.48. The fourth-order valence-electron chi connectivity index (χ4n) is 2.77. The molecule has 0 aliphatic carbocycles. The zero-order valence-corrected chi connectivity index (χ0v) is 16.7. The fourth-order valence-corrected chi connectivity index (χ4v) is 2.77. The van der Waals surface area contributed by atoms with Crippen LogP contribution in [0.25, 0.3) is 0 Å². The summed E-state index contributed by atoms with van der Waals surface area (Å²) >= 11 is 0. The Hall–Kier alpha value is -2.17. The molecular weight excluding hydrogens is 389 g/mol. The molecule has 1 aromatic rings. The van der Waals surface area contributed by atoms with E-state index in [2.05, 4.69) is 10.6 Å². The van der Waals surface area contributed by atoms with Gasteiger partial charge in [0.25, 0.3) is 5.91 Å². The molecule has 4 N–H and O–H groups in total. The van der Waals surface area contributed by atoms with Crippen LogP contribution in [0.3, 0.4) is 0 Å². The molecule has 162 valence electrons. The number of carbonyl (C=O) groups excluding carboxylic acids is 2. The van der Waals surface area contributed by atoms with Crippen molar-refractivity contribution in [1.82, 2.24) is 5.32 Å². The minimum absolute atomic E-state index is 0.0658. The van der Waals surface area contributed by atoms with E-state index in [1.165, 1.54) is 11.0 Å². The minimum Gasteiger partial charge on any atom is -0.370 e. The average molecular weight is 416 g/mol. The summed E-state index contributed by atoms with van der Waals surface area (Å²) in [6, 6.07) is 2.54. The number of nitrogens with two attached hydrogens (primary N) is 1. The number of anilines is 2. The van der Waals surface area contributed by atoms with Gasteiger partial charge in [-0.3, -0.25) is 9.59 Å². The van der Waals surface area contributed by atoms with Crippen LogP contribution < -0.4 is 21.3 Å². The third kappa shape index (κ3) is 6.41. The first kappa shape index (κ1) is 23.1. The summed E-state index contributed by atoms with van der Waals surface area (Å²) in [5.41, 5.74) is 4.17. The number of nitrogens with zero attached hydrogens (tertiary/aromatic N) is 1. The van der Waals surface area contributed by atoms with Crippen LogP contribution in [0.2, 0.25) is 0 Å². The lowest BCUT2D eigenvalue weighted by atomic mass is 9.96. The number of ether oxygens (including phenoxy) is 1. The molecule has 1 atom stereocenters. The second-order valence-corrected chi connectivity index (χ2v) is 8.04. The van der Waals surface area contributed by atoms with Gasteiger partial charge in [0.2, 0.25) is 5.91 Å². The van der Waals surface area contributed by atoms with Crippen molar-refractivity contribution in [1.29, 1.82) is 0 Å². The molecular formula is C19H27F3N4O3. The smallest absolute Gasteiger partial charge is 0.370 e. The molecule has 1 aliphatic heterocycles. The molecule has 2 rings (SSSR count). The highest BCUT2D eigenvalue weighted by molar-refractivity contribution is 5.97. The Balaban J connectivity index is 2.25. The molecule has 0 unspecified atom stereocenters. The van der Waals surface area contributed by atoms with E-state index in [4.69, 9.17) is 10.5 Å². The van der Waals surface area contributed by atoms with E-state index in [0.29, 0.717) is 6.54 Å². The number of rotatable bonds is 6. The number of halogens is 3. The van der Waals surface area contributed by atoms with E-state index in [-0.39, 0.29) is 43.1 Å². The third-order valence-electron chi connectivity index (χ3n) is 4.29. The molecule has 0 spiro atoms. The second kappa shape index (κ2) is 9.10. The van der Waals surface area contributed by atoms with Crippen LogP contribution in [-0.2, 0) is 20.5 Å².